The molecule has 0 aliphatic carbocycles. The molecular formula is C9H21N3O3S. The van der Waals surface area contributed by atoms with Gasteiger partial charge in [0.05, 0.1) is 11.6 Å². The Labute approximate surface area is 97.3 Å². The molecule has 0 rings (SSSR count). The molecule has 7 heteroatoms. The van der Waals surface area contributed by atoms with Crippen LogP contribution in [0.15, 0.2) is 0 Å². The Hall–Kier alpha value is -0.660. The Morgan fingerprint density at radius 3 is 2.56 bits per heavy atom. The first-order valence-electron chi connectivity index (χ1n) is 5.08. The van der Waals surface area contributed by atoms with Gasteiger partial charge in [0, 0.05) is 33.2 Å². The normalized spacial score (nSPS) is 14.0. The van der Waals surface area contributed by atoms with Crippen molar-refractivity contribution >= 4 is 15.9 Å². The van der Waals surface area contributed by atoms with E-state index in [9.17, 15) is 8.42 Å². The summed E-state index contributed by atoms with van der Waals surface area (Å²) in [5.74, 6) is 0.0472. The van der Waals surface area contributed by atoms with E-state index in [-0.39, 0.29) is 24.1 Å². The molecule has 0 heterocycles. The summed E-state index contributed by atoms with van der Waals surface area (Å²) in [6, 6.07) is -0.287. The zero-order chi connectivity index (χ0) is 12.8. The first kappa shape index (κ1) is 15.3. The maximum Gasteiger partial charge on any atom is 0.214 e. The lowest BCUT2D eigenvalue weighted by molar-refractivity contribution is 0.199. The monoisotopic (exact) mass is 251 g/mol. The van der Waals surface area contributed by atoms with Gasteiger partial charge in [0.15, 0.2) is 0 Å². The van der Waals surface area contributed by atoms with Gasteiger partial charge in [0.2, 0.25) is 10.0 Å². The van der Waals surface area contributed by atoms with Crippen molar-refractivity contribution in [2.24, 2.45) is 5.73 Å². The molecule has 0 aromatic rings. The fourth-order valence-corrected chi connectivity index (χ4v) is 2.64. The zero-order valence-corrected chi connectivity index (χ0v) is 10.9. The van der Waals surface area contributed by atoms with E-state index in [1.165, 1.54) is 18.5 Å². The van der Waals surface area contributed by atoms with E-state index in [4.69, 9.17) is 15.9 Å². The first-order valence-corrected chi connectivity index (χ1v) is 6.69. The van der Waals surface area contributed by atoms with Crippen LogP contribution in [-0.2, 0) is 14.8 Å². The second kappa shape index (κ2) is 6.82. The van der Waals surface area contributed by atoms with Crippen molar-refractivity contribution in [2.45, 2.75) is 25.8 Å². The third-order valence-corrected chi connectivity index (χ3v) is 4.37. The van der Waals surface area contributed by atoms with Crippen LogP contribution >= 0.6 is 0 Å². The minimum absolute atomic E-state index is 0.00792. The molecule has 0 aliphatic rings. The fourth-order valence-electron chi connectivity index (χ4n) is 1.25. The first-order chi connectivity index (χ1) is 7.31. The van der Waals surface area contributed by atoms with Crippen molar-refractivity contribution < 1.29 is 13.2 Å². The lowest BCUT2D eigenvalue weighted by Gasteiger charge is -2.23. The van der Waals surface area contributed by atoms with E-state index in [0.29, 0.717) is 13.0 Å². The molecule has 0 aromatic heterocycles. The molecule has 0 saturated heterocycles. The molecule has 0 aliphatic heterocycles. The topological polar surface area (TPSA) is 96.5 Å². The summed E-state index contributed by atoms with van der Waals surface area (Å²) in [5, 5.41) is 7.13. The number of ether oxygens (including phenoxy) is 1. The Kier molecular flexibility index (Phi) is 6.54. The molecule has 16 heavy (non-hydrogen) atoms. The van der Waals surface area contributed by atoms with Crippen molar-refractivity contribution in [1.29, 1.82) is 5.41 Å². The van der Waals surface area contributed by atoms with Crippen LogP contribution in [0.3, 0.4) is 0 Å². The number of nitrogens with zero attached hydrogens (tertiary/aromatic N) is 1. The van der Waals surface area contributed by atoms with Gasteiger partial charge in [-0.1, -0.05) is 0 Å². The summed E-state index contributed by atoms with van der Waals surface area (Å²) in [6.45, 7) is 2.16. The highest BCUT2D eigenvalue weighted by Gasteiger charge is 2.22. The van der Waals surface area contributed by atoms with E-state index in [0.717, 1.165) is 0 Å². The van der Waals surface area contributed by atoms with E-state index in [2.05, 4.69) is 0 Å². The van der Waals surface area contributed by atoms with Crippen LogP contribution in [0.4, 0.5) is 0 Å². The third-order valence-electron chi connectivity index (χ3n) is 2.33. The summed E-state index contributed by atoms with van der Waals surface area (Å²) in [6.07, 6.45) is 0.718. The molecule has 0 radical (unpaired) electrons. The van der Waals surface area contributed by atoms with Crippen LogP contribution in [0.1, 0.15) is 19.8 Å². The van der Waals surface area contributed by atoms with E-state index < -0.39 is 10.0 Å². The molecule has 0 saturated carbocycles. The summed E-state index contributed by atoms with van der Waals surface area (Å²) in [7, 11) is -0.230. The summed E-state index contributed by atoms with van der Waals surface area (Å²) in [4.78, 5) is 0. The number of nitrogens with two attached hydrogens (primary N) is 1. The van der Waals surface area contributed by atoms with Gasteiger partial charge in [0.25, 0.3) is 0 Å². The van der Waals surface area contributed by atoms with Crippen LogP contribution in [0.5, 0.6) is 0 Å². The Morgan fingerprint density at radius 1 is 1.56 bits per heavy atom. The van der Waals surface area contributed by atoms with Crippen molar-refractivity contribution in [1.82, 2.24) is 4.31 Å². The van der Waals surface area contributed by atoms with Crippen molar-refractivity contribution in [3.8, 4) is 0 Å². The average Bonchev–Trinajstić information content (AvgIpc) is 2.15. The highest BCUT2D eigenvalue weighted by molar-refractivity contribution is 7.89. The molecule has 0 fully saturated rings. The number of rotatable bonds is 8. The molecule has 3 N–H and O–H groups in total. The van der Waals surface area contributed by atoms with E-state index >= 15 is 0 Å². The number of hydrogen-bond acceptors (Lipinski definition) is 4. The lowest BCUT2D eigenvalue weighted by Crippen LogP contribution is -2.39. The molecule has 96 valence electrons. The lowest BCUT2D eigenvalue weighted by atomic mass is 10.2. The third kappa shape index (κ3) is 5.43. The van der Waals surface area contributed by atoms with Gasteiger partial charge < -0.3 is 10.5 Å². The van der Waals surface area contributed by atoms with Gasteiger partial charge in [-0.2, -0.15) is 0 Å². The highest BCUT2D eigenvalue weighted by atomic mass is 32.2. The SMILES string of the molecule is COCCCS(=O)(=O)N(C)C(C)CC(=N)N. The summed E-state index contributed by atoms with van der Waals surface area (Å²) < 4.78 is 29.6. The van der Waals surface area contributed by atoms with E-state index in [1.807, 2.05) is 0 Å². The van der Waals surface area contributed by atoms with Gasteiger partial charge >= 0.3 is 0 Å². The van der Waals surface area contributed by atoms with Crippen molar-refractivity contribution in [2.75, 3.05) is 26.5 Å². The molecular weight excluding hydrogens is 230 g/mol. The molecule has 0 bridgehead atoms. The summed E-state index contributed by atoms with van der Waals surface area (Å²) >= 11 is 0. The highest BCUT2D eigenvalue weighted by Crippen LogP contribution is 2.08. The Bertz CT molecular complexity index is 316. The van der Waals surface area contributed by atoms with Crippen LogP contribution in [0, 0.1) is 5.41 Å². The second-order valence-electron chi connectivity index (χ2n) is 3.76. The standard InChI is InChI=1S/C9H21N3O3S/c1-8(7-9(10)11)12(2)16(13,14)6-4-5-15-3/h8H,4-7H2,1-3H3,(H3,10,11). The van der Waals surface area contributed by atoms with Crippen LogP contribution < -0.4 is 5.73 Å². The quantitative estimate of drug-likeness (QED) is 0.360. The van der Waals surface area contributed by atoms with Crippen molar-refractivity contribution in [3.63, 3.8) is 0 Å². The van der Waals surface area contributed by atoms with Crippen molar-refractivity contribution in [3.05, 3.63) is 0 Å². The smallest absolute Gasteiger partial charge is 0.214 e. The molecule has 0 aromatic carbocycles. The van der Waals surface area contributed by atoms with Crippen LogP contribution in [-0.4, -0.2) is 51.1 Å². The predicted molar refractivity (Wildman–Crippen MR) is 64.0 cm³/mol. The minimum Gasteiger partial charge on any atom is -0.388 e. The predicted octanol–water partition coefficient (Wildman–Crippen LogP) is -0.000930. The Balaban J connectivity index is 4.33. The molecule has 6 nitrogen and oxygen atoms in total. The van der Waals surface area contributed by atoms with Gasteiger partial charge in [0.1, 0.15) is 0 Å². The number of sulfonamides is 1. The largest absolute Gasteiger partial charge is 0.388 e. The van der Waals surface area contributed by atoms with Crippen LogP contribution in [0.2, 0.25) is 0 Å². The Morgan fingerprint density at radius 2 is 2.12 bits per heavy atom. The summed E-state index contributed by atoms with van der Waals surface area (Å²) in [5.41, 5.74) is 5.24. The average molecular weight is 251 g/mol. The fraction of sp³-hybridized carbons (Fsp3) is 0.889. The van der Waals surface area contributed by atoms with Gasteiger partial charge in [-0.15, -0.1) is 0 Å². The number of nitrogens with one attached hydrogen (secondary N) is 1. The number of hydrogen-bond donors (Lipinski definition) is 2. The zero-order valence-electron chi connectivity index (χ0n) is 10.1. The number of methoxy groups -OCH3 is 1. The van der Waals surface area contributed by atoms with E-state index in [1.54, 1.807) is 6.92 Å². The van der Waals surface area contributed by atoms with Gasteiger partial charge in [-0.3, -0.25) is 5.41 Å². The second-order valence-corrected chi connectivity index (χ2v) is 5.91. The minimum atomic E-state index is -3.28. The maximum atomic E-state index is 11.8. The van der Waals surface area contributed by atoms with Gasteiger partial charge in [-0.25, -0.2) is 12.7 Å². The number of amidine groups is 1. The maximum absolute atomic E-state index is 11.8. The molecule has 0 spiro atoms. The van der Waals surface area contributed by atoms with Gasteiger partial charge in [-0.05, 0) is 13.3 Å². The molecule has 1 unspecified atom stereocenters. The molecule has 0 amide bonds. The molecule has 1 atom stereocenters. The van der Waals surface area contributed by atoms with Crippen LogP contribution in [0.25, 0.3) is 0 Å².